The number of carbonyl (C=O) groups excluding carboxylic acids is 2. The molecule has 0 saturated heterocycles. The smallest absolute Gasteiger partial charge is 0.338 e. The molecule has 1 amide bonds. The van der Waals surface area contributed by atoms with Gasteiger partial charge in [0.05, 0.1) is 37.1 Å². The third kappa shape index (κ3) is 5.88. The zero-order valence-corrected chi connectivity index (χ0v) is 21.3. The Hall–Kier alpha value is -4.54. The van der Waals surface area contributed by atoms with Crippen LogP contribution in [0, 0.1) is 0 Å². The molecule has 4 aromatic rings. The number of methoxy groups -OCH3 is 2. The van der Waals surface area contributed by atoms with Crippen molar-refractivity contribution < 1.29 is 28.9 Å². The first kappa shape index (κ1) is 26.5. The Morgan fingerprint density at radius 1 is 0.947 bits per heavy atom. The average molecular weight is 517 g/mol. The molecule has 10 heteroatoms. The predicted octanol–water partition coefficient (Wildman–Crippen LogP) is 3.89. The van der Waals surface area contributed by atoms with Gasteiger partial charge in [0, 0.05) is 48.0 Å². The SMILES string of the molecule is CNc1nc(-c2cccc(NC(=O)c3ccc(C(=O)OCCOC)cc3)c2)c2cc(CO)c(OC)cc2n1. The summed E-state index contributed by atoms with van der Waals surface area (Å²) in [5.41, 5.74) is 3.91. The molecule has 196 valence electrons. The first-order valence-electron chi connectivity index (χ1n) is 11.8. The van der Waals surface area contributed by atoms with E-state index in [4.69, 9.17) is 14.2 Å². The first-order chi connectivity index (χ1) is 18.5. The highest BCUT2D eigenvalue weighted by Gasteiger charge is 2.15. The number of aliphatic hydroxyl groups is 1. The fraction of sp³-hybridized carbons (Fsp3) is 0.214. The molecule has 0 spiro atoms. The van der Waals surface area contributed by atoms with Gasteiger partial charge in [-0.2, -0.15) is 0 Å². The number of benzene rings is 3. The molecule has 0 atom stereocenters. The standard InChI is InChI=1S/C28H28N4O6/c1-29-28-31-23-15-24(37-3)20(16-33)14-22(23)25(32-28)19-5-4-6-21(13-19)30-26(34)17-7-9-18(10-8-17)27(35)38-12-11-36-2/h4-10,13-15,33H,11-12,16H2,1-3H3,(H,30,34)(H,29,31,32). The summed E-state index contributed by atoms with van der Waals surface area (Å²) in [6.07, 6.45) is 0. The number of fused-ring (bicyclic) bond motifs is 1. The summed E-state index contributed by atoms with van der Waals surface area (Å²) in [5, 5.41) is 16.4. The second kappa shape index (κ2) is 12.1. The number of ether oxygens (including phenoxy) is 3. The minimum absolute atomic E-state index is 0.153. The minimum Gasteiger partial charge on any atom is -0.496 e. The maximum absolute atomic E-state index is 12.9. The summed E-state index contributed by atoms with van der Waals surface area (Å²) in [6.45, 7) is 0.259. The Labute approximate surface area is 219 Å². The van der Waals surface area contributed by atoms with Crippen LogP contribution in [0.5, 0.6) is 5.75 Å². The average Bonchev–Trinajstić information content (AvgIpc) is 2.96. The molecule has 3 N–H and O–H groups in total. The zero-order chi connectivity index (χ0) is 27.1. The van der Waals surface area contributed by atoms with Crippen molar-refractivity contribution in [3.05, 3.63) is 77.4 Å². The number of carbonyl (C=O) groups is 2. The fourth-order valence-corrected chi connectivity index (χ4v) is 3.85. The first-order valence-corrected chi connectivity index (χ1v) is 11.8. The van der Waals surface area contributed by atoms with Crippen LogP contribution in [-0.4, -0.2) is 61.4 Å². The summed E-state index contributed by atoms with van der Waals surface area (Å²) < 4.78 is 15.4. The molecule has 0 unspecified atom stereocenters. The number of aromatic nitrogens is 2. The van der Waals surface area contributed by atoms with E-state index in [0.29, 0.717) is 51.9 Å². The van der Waals surface area contributed by atoms with E-state index in [2.05, 4.69) is 20.6 Å². The van der Waals surface area contributed by atoms with Crippen LogP contribution in [0.15, 0.2) is 60.7 Å². The Morgan fingerprint density at radius 3 is 2.39 bits per heavy atom. The van der Waals surface area contributed by atoms with Crippen molar-refractivity contribution in [1.82, 2.24) is 9.97 Å². The molecular formula is C28H28N4O6. The van der Waals surface area contributed by atoms with E-state index in [-0.39, 0.29) is 19.1 Å². The van der Waals surface area contributed by atoms with E-state index in [0.717, 1.165) is 10.9 Å². The highest BCUT2D eigenvalue weighted by Crippen LogP contribution is 2.33. The van der Waals surface area contributed by atoms with Gasteiger partial charge in [0.15, 0.2) is 0 Å². The Kier molecular flexibility index (Phi) is 8.47. The maximum Gasteiger partial charge on any atom is 0.338 e. The molecule has 0 saturated carbocycles. The van der Waals surface area contributed by atoms with Gasteiger partial charge in [-0.1, -0.05) is 12.1 Å². The largest absolute Gasteiger partial charge is 0.496 e. The highest BCUT2D eigenvalue weighted by molar-refractivity contribution is 6.05. The topological polar surface area (TPSA) is 132 Å². The number of hydrogen-bond acceptors (Lipinski definition) is 9. The van der Waals surface area contributed by atoms with Crippen molar-refractivity contribution in [3.8, 4) is 17.0 Å². The van der Waals surface area contributed by atoms with Crippen LogP contribution < -0.4 is 15.4 Å². The number of anilines is 2. The summed E-state index contributed by atoms with van der Waals surface area (Å²) >= 11 is 0. The van der Waals surface area contributed by atoms with Gasteiger partial charge in [0.2, 0.25) is 5.95 Å². The van der Waals surface area contributed by atoms with E-state index in [1.807, 2.05) is 18.2 Å². The highest BCUT2D eigenvalue weighted by atomic mass is 16.6. The quantitative estimate of drug-likeness (QED) is 0.212. The number of rotatable bonds is 10. The monoisotopic (exact) mass is 516 g/mol. The van der Waals surface area contributed by atoms with E-state index in [1.54, 1.807) is 49.5 Å². The van der Waals surface area contributed by atoms with Gasteiger partial charge in [0.25, 0.3) is 5.91 Å². The molecule has 0 aliphatic rings. The zero-order valence-electron chi connectivity index (χ0n) is 21.3. The van der Waals surface area contributed by atoms with E-state index in [9.17, 15) is 14.7 Å². The second-order valence-electron chi connectivity index (χ2n) is 8.23. The second-order valence-corrected chi connectivity index (χ2v) is 8.23. The van der Waals surface area contributed by atoms with Gasteiger partial charge < -0.3 is 30.0 Å². The van der Waals surface area contributed by atoms with E-state index < -0.39 is 5.97 Å². The van der Waals surface area contributed by atoms with E-state index in [1.165, 1.54) is 14.2 Å². The van der Waals surface area contributed by atoms with Gasteiger partial charge >= 0.3 is 5.97 Å². The number of aliphatic hydroxyl groups excluding tert-OH is 1. The summed E-state index contributed by atoms with van der Waals surface area (Å²) in [5.74, 6) is 0.127. The van der Waals surface area contributed by atoms with Crippen LogP contribution >= 0.6 is 0 Å². The third-order valence-corrected chi connectivity index (χ3v) is 5.79. The lowest BCUT2D eigenvalue weighted by atomic mass is 10.0. The molecule has 0 fully saturated rings. The molecule has 38 heavy (non-hydrogen) atoms. The third-order valence-electron chi connectivity index (χ3n) is 5.79. The number of esters is 1. The van der Waals surface area contributed by atoms with Crippen molar-refractivity contribution in [2.24, 2.45) is 0 Å². The predicted molar refractivity (Wildman–Crippen MR) is 144 cm³/mol. The molecule has 1 aromatic heterocycles. The lowest BCUT2D eigenvalue weighted by molar-refractivity contribution is 0.0388. The molecule has 3 aromatic carbocycles. The van der Waals surface area contributed by atoms with Crippen molar-refractivity contribution >= 4 is 34.4 Å². The molecular weight excluding hydrogens is 488 g/mol. The van der Waals surface area contributed by atoms with E-state index >= 15 is 0 Å². The maximum atomic E-state index is 12.9. The Morgan fingerprint density at radius 2 is 1.71 bits per heavy atom. The van der Waals surface area contributed by atoms with Crippen LogP contribution in [0.1, 0.15) is 26.3 Å². The van der Waals surface area contributed by atoms with Crippen LogP contribution in [0.3, 0.4) is 0 Å². The van der Waals surface area contributed by atoms with Crippen molar-refractivity contribution in [3.63, 3.8) is 0 Å². The molecule has 0 aliphatic carbocycles. The molecule has 4 rings (SSSR count). The molecule has 0 aliphatic heterocycles. The van der Waals surface area contributed by atoms with Crippen molar-refractivity contribution in [2.45, 2.75) is 6.61 Å². The molecule has 1 heterocycles. The summed E-state index contributed by atoms with van der Waals surface area (Å²) in [6, 6.07) is 17.0. The van der Waals surface area contributed by atoms with Gasteiger partial charge in [0.1, 0.15) is 12.4 Å². The van der Waals surface area contributed by atoms with Crippen LogP contribution in [0.25, 0.3) is 22.2 Å². The number of amides is 1. The number of nitrogens with zero attached hydrogens (tertiary/aromatic N) is 2. The summed E-state index contributed by atoms with van der Waals surface area (Å²) in [7, 11) is 4.79. The van der Waals surface area contributed by atoms with Crippen molar-refractivity contribution in [2.75, 3.05) is 45.1 Å². The van der Waals surface area contributed by atoms with Gasteiger partial charge in [-0.3, -0.25) is 4.79 Å². The molecule has 0 radical (unpaired) electrons. The van der Waals surface area contributed by atoms with Crippen LogP contribution in [0.2, 0.25) is 0 Å². The normalized spacial score (nSPS) is 10.7. The molecule has 10 nitrogen and oxygen atoms in total. The number of nitrogens with one attached hydrogen (secondary N) is 2. The van der Waals surface area contributed by atoms with Gasteiger partial charge in [-0.05, 0) is 42.5 Å². The Bertz CT molecular complexity index is 1460. The van der Waals surface area contributed by atoms with Gasteiger partial charge in [-0.25, -0.2) is 14.8 Å². The molecule has 0 bridgehead atoms. The summed E-state index contributed by atoms with van der Waals surface area (Å²) in [4.78, 5) is 34.1. The lowest BCUT2D eigenvalue weighted by Gasteiger charge is -2.13. The van der Waals surface area contributed by atoms with Crippen LogP contribution in [0.4, 0.5) is 11.6 Å². The lowest BCUT2D eigenvalue weighted by Crippen LogP contribution is -2.13. The fourth-order valence-electron chi connectivity index (χ4n) is 3.85. The van der Waals surface area contributed by atoms with Gasteiger partial charge in [-0.15, -0.1) is 0 Å². The number of hydrogen-bond donors (Lipinski definition) is 3. The van der Waals surface area contributed by atoms with Crippen LogP contribution in [-0.2, 0) is 16.1 Å². The van der Waals surface area contributed by atoms with Crippen molar-refractivity contribution in [1.29, 1.82) is 0 Å². The minimum atomic E-state index is -0.485. The Balaban J connectivity index is 1.60.